The number of nitrogens with one attached hydrogen (secondary N) is 3. The summed E-state index contributed by atoms with van der Waals surface area (Å²) in [4.78, 5) is 69.9. The highest BCUT2D eigenvalue weighted by Gasteiger charge is 2.59. The minimum absolute atomic E-state index is 0.0124. The van der Waals surface area contributed by atoms with Crippen molar-refractivity contribution in [3.8, 4) is 11.5 Å². The van der Waals surface area contributed by atoms with Crippen LogP contribution >= 0.6 is 0 Å². The summed E-state index contributed by atoms with van der Waals surface area (Å²) in [6.45, 7) is 19.4. The van der Waals surface area contributed by atoms with Crippen molar-refractivity contribution < 1.29 is 47.7 Å². The van der Waals surface area contributed by atoms with Crippen molar-refractivity contribution in [1.82, 2.24) is 15.5 Å². The number of methoxy groups -OCH3 is 1. The number of rotatable bonds is 13. The minimum Gasteiger partial charge on any atom is -0.504 e. The maximum atomic E-state index is 14.4. The van der Waals surface area contributed by atoms with Crippen LogP contribution < -0.4 is 25.6 Å². The molecule has 1 saturated carbocycles. The molecule has 2 aromatic rings. The molecule has 5 rings (SSSR count). The van der Waals surface area contributed by atoms with Crippen molar-refractivity contribution in [1.29, 1.82) is 0 Å². The highest BCUT2D eigenvalue weighted by Crippen LogP contribution is 2.57. The van der Waals surface area contributed by atoms with Gasteiger partial charge in [0, 0.05) is 18.3 Å². The normalized spacial score (nSPS) is 19.4. The standard InChI is InChI=1S/C41H57N5O10Si/c1-11-18-54-38(51)44-33(24(2)3)35(49)42-25(4)34(48)43-27-14-12-26(13-15-27)22-55-39(52)46-29-20-31(47)32(53-8)19-28(29)36(50)45-23-41(16-17-41)21-30(45)37(46)56-57(9,10)40(5,6)7/h11-15,19-20,24-25,30,33,37,47H,1,16-18,21-23H2,2-10H3,(H,42,49)(H,43,48)(H,44,51)/t25?,30-,33?,37?/m0/s1. The van der Waals surface area contributed by atoms with Gasteiger partial charge in [-0.05, 0) is 79.4 Å². The molecule has 2 aliphatic heterocycles. The van der Waals surface area contributed by atoms with Crippen LogP contribution in [-0.4, -0.2) is 92.8 Å². The third-order valence-corrected chi connectivity index (χ3v) is 15.9. The number of aromatic hydroxyl groups is 1. The van der Waals surface area contributed by atoms with Crippen LogP contribution in [0.3, 0.4) is 0 Å². The largest absolute Gasteiger partial charge is 0.504 e. The fourth-order valence-electron chi connectivity index (χ4n) is 6.84. The van der Waals surface area contributed by atoms with Gasteiger partial charge >= 0.3 is 12.2 Å². The zero-order valence-corrected chi connectivity index (χ0v) is 35.4. The molecule has 2 fully saturated rings. The summed E-state index contributed by atoms with van der Waals surface area (Å²) >= 11 is 0. The van der Waals surface area contributed by atoms with Crippen molar-refractivity contribution in [2.24, 2.45) is 11.3 Å². The first kappa shape index (κ1) is 43.0. The van der Waals surface area contributed by atoms with Crippen LogP contribution in [0.4, 0.5) is 21.0 Å². The second-order valence-electron chi connectivity index (χ2n) is 17.1. The predicted molar refractivity (Wildman–Crippen MR) is 216 cm³/mol. The zero-order valence-electron chi connectivity index (χ0n) is 34.4. The van der Waals surface area contributed by atoms with Crippen LogP contribution in [0.25, 0.3) is 0 Å². The lowest BCUT2D eigenvalue weighted by atomic mass is 10.0. The third-order valence-electron chi connectivity index (χ3n) is 11.4. The first-order valence-electron chi connectivity index (χ1n) is 19.3. The van der Waals surface area contributed by atoms with Crippen LogP contribution in [0.1, 0.15) is 76.7 Å². The highest BCUT2D eigenvalue weighted by molar-refractivity contribution is 6.74. The number of carbonyl (C=O) groups is 5. The van der Waals surface area contributed by atoms with Gasteiger partial charge < -0.3 is 44.6 Å². The highest BCUT2D eigenvalue weighted by atomic mass is 28.4. The van der Waals surface area contributed by atoms with E-state index < -0.39 is 56.7 Å². The number of hydrogen-bond donors (Lipinski definition) is 4. The molecule has 16 heteroatoms. The number of hydrogen-bond acceptors (Lipinski definition) is 10. The zero-order chi connectivity index (χ0) is 42.0. The molecule has 1 spiro atoms. The van der Waals surface area contributed by atoms with Gasteiger partial charge in [-0.2, -0.15) is 0 Å². The molecule has 2 aromatic carbocycles. The minimum atomic E-state index is -2.57. The van der Waals surface area contributed by atoms with Gasteiger partial charge in [0.1, 0.15) is 25.3 Å². The molecule has 3 aliphatic rings. The number of carbonyl (C=O) groups excluding carboxylic acids is 5. The van der Waals surface area contributed by atoms with Gasteiger partial charge in [-0.1, -0.05) is 59.4 Å². The van der Waals surface area contributed by atoms with E-state index in [1.807, 2.05) is 4.90 Å². The fourth-order valence-corrected chi connectivity index (χ4v) is 8.06. The van der Waals surface area contributed by atoms with Crippen molar-refractivity contribution >= 4 is 49.6 Å². The number of amides is 5. The van der Waals surface area contributed by atoms with E-state index in [1.165, 1.54) is 37.1 Å². The summed E-state index contributed by atoms with van der Waals surface area (Å²) in [5, 5.41) is 18.6. The monoisotopic (exact) mass is 807 g/mol. The van der Waals surface area contributed by atoms with Gasteiger partial charge in [-0.15, -0.1) is 0 Å². The number of ether oxygens (including phenoxy) is 3. The maximum absolute atomic E-state index is 14.4. The van der Waals surface area contributed by atoms with Gasteiger partial charge in [0.2, 0.25) is 11.8 Å². The summed E-state index contributed by atoms with van der Waals surface area (Å²) in [6, 6.07) is 7.18. The van der Waals surface area contributed by atoms with Crippen molar-refractivity contribution in [2.75, 3.05) is 30.5 Å². The molecule has 1 saturated heterocycles. The van der Waals surface area contributed by atoms with E-state index in [2.05, 4.69) is 56.4 Å². The molecule has 57 heavy (non-hydrogen) atoms. The number of fused-ring (bicyclic) bond motifs is 2. The van der Waals surface area contributed by atoms with Crippen molar-refractivity contribution in [3.05, 3.63) is 60.2 Å². The summed E-state index contributed by atoms with van der Waals surface area (Å²) in [5.74, 6) is -1.71. The number of phenols is 1. The van der Waals surface area contributed by atoms with E-state index in [-0.39, 0.29) is 58.2 Å². The van der Waals surface area contributed by atoms with E-state index in [0.29, 0.717) is 24.2 Å². The molecule has 15 nitrogen and oxygen atoms in total. The quantitative estimate of drug-likeness (QED) is 0.133. The first-order chi connectivity index (χ1) is 26.7. The molecule has 0 bridgehead atoms. The molecule has 4 atom stereocenters. The predicted octanol–water partition coefficient (Wildman–Crippen LogP) is 6.28. The second kappa shape index (κ2) is 16.8. The number of benzene rings is 2. The van der Waals surface area contributed by atoms with E-state index in [0.717, 1.165) is 12.8 Å². The molecule has 4 N–H and O–H groups in total. The smallest absolute Gasteiger partial charge is 0.416 e. The molecule has 0 radical (unpaired) electrons. The Morgan fingerprint density at radius 3 is 2.28 bits per heavy atom. The Balaban J connectivity index is 1.32. The Bertz CT molecular complexity index is 1870. The molecule has 3 unspecified atom stereocenters. The summed E-state index contributed by atoms with van der Waals surface area (Å²) in [7, 11) is -1.16. The summed E-state index contributed by atoms with van der Waals surface area (Å²) in [6.07, 6.45) is 1.66. The molecular weight excluding hydrogens is 751 g/mol. The number of phenolic OH excluding ortho intramolecular Hbond substituents is 1. The van der Waals surface area contributed by atoms with Gasteiger partial charge in [0.25, 0.3) is 5.91 Å². The average Bonchev–Trinajstić information content (AvgIpc) is 3.81. The topological polar surface area (TPSA) is 185 Å². The Morgan fingerprint density at radius 2 is 1.70 bits per heavy atom. The number of nitrogens with zero attached hydrogens (tertiary/aromatic N) is 2. The van der Waals surface area contributed by atoms with Crippen molar-refractivity contribution in [3.63, 3.8) is 0 Å². The van der Waals surface area contributed by atoms with Crippen molar-refractivity contribution in [2.45, 2.75) is 110 Å². The number of anilines is 2. The van der Waals surface area contributed by atoms with E-state index in [9.17, 15) is 29.1 Å². The van der Waals surface area contributed by atoms with Gasteiger partial charge in [0.05, 0.1) is 24.4 Å². The van der Waals surface area contributed by atoms with Gasteiger partial charge in [-0.3, -0.25) is 14.4 Å². The molecule has 310 valence electrons. The summed E-state index contributed by atoms with van der Waals surface area (Å²) in [5.41, 5.74) is 1.41. The number of alkyl carbamates (subject to hydrolysis) is 1. The van der Waals surface area contributed by atoms with E-state index >= 15 is 0 Å². The molecule has 2 heterocycles. The van der Waals surface area contributed by atoms with Crippen LogP contribution in [-0.2, 0) is 30.1 Å². The lowest BCUT2D eigenvalue weighted by Crippen LogP contribution is -2.58. The van der Waals surface area contributed by atoms with Crippen LogP contribution in [0.2, 0.25) is 18.1 Å². The Hall–Kier alpha value is -5.09. The van der Waals surface area contributed by atoms with E-state index in [1.54, 1.807) is 38.1 Å². The van der Waals surface area contributed by atoms with Gasteiger partial charge in [-0.25, -0.2) is 14.5 Å². The van der Waals surface area contributed by atoms with E-state index in [4.69, 9.17) is 18.6 Å². The molecule has 1 aliphatic carbocycles. The third kappa shape index (κ3) is 9.55. The summed E-state index contributed by atoms with van der Waals surface area (Å²) < 4.78 is 23.3. The van der Waals surface area contributed by atoms with Crippen LogP contribution in [0.15, 0.2) is 49.1 Å². The Kier molecular flexibility index (Phi) is 12.7. The molecular formula is C41H57N5O10Si. The molecule has 5 amide bonds. The van der Waals surface area contributed by atoms with Crippen LogP contribution in [0, 0.1) is 11.3 Å². The first-order valence-corrected chi connectivity index (χ1v) is 22.2. The fraction of sp³-hybridized carbons (Fsp3) is 0.537. The Morgan fingerprint density at radius 1 is 1.04 bits per heavy atom. The lowest BCUT2D eigenvalue weighted by Gasteiger charge is -2.44. The maximum Gasteiger partial charge on any atom is 0.416 e. The Labute approximate surface area is 335 Å². The SMILES string of the molecule is C=CCOC(=O)NC(C(=O)NC(C)C(=O)Nc1ccc(COC(=O)N2c3cc(O)c(OC)cc3C(=O)N3CC4(CC4)C[C@H]3C2O[Si](C)(C)C(C)(C)C)cc1)C(C)C. The second-order valence-corrected chi connectivity index (χ2v) is 21.9. The average molecular weight is 808 g/mol. The van der Waals surface area contributed by atoms with Gasteiger partial charge in [0.15, 0.2) is 26.0 Å². The van der Waals surface area contributed by atoms with Crippen LogP contribution in [0.5, 0.6) is 11.5 Å². The lowest BCUT2D eigenvalue weighted by molar-refractivity contribution is -0.128. The molecule has 0 aromatic heterocycles.